The Morgan fingerprint density at radius 2 is 1.72 bits per heavy atom. The van der Waals surface area contributed by atoms with Crippen LogP contribution in [0.2, 0.25) is 0 Å². The Morgan fingerprint density at radius 1 is 1.16 bits per heavy atom. The number of phosphoric ester groups is 1. The Balaban J connectivity index is 3.00. The summed E-state index contributed by atoms with van der Waals surface area (Å²) in [5.74, 6) is -4.16. The lowest BCUT2D eigenvalue weighted by Crippen LogP contribution is -2.42. The Bertz CT molecular complexity index is 726. The summed E-state index contributed by atoms with van der Waals surface area (Å²) in [4.78, 5) is 33.7. The Labute approximate surface area is 146 Å². The average Bonchev–Trinajstić information content (AvgIpc) is 2.51. The van der Waals surface area contributed by atoms with Crippen LogP contribution in [-0.4, -0.2) is 27.4 Å². The molecule has 0 amide bonds. The van der Waals surface area contributed by atoms with Gasteiger partial charge in [-0.05, 0) is 37.1 Å². The van der Waals surface area contributed by atoms with E-state index in [9.17, 15) is 24.2 Å². The van der Waals surface area contributed by atoms with Crippen molar-refractivity contribution in [1.29, 1.82) is 0 Å². The molecule has 0 saturated carbocycles. The predicted octanol–water partition coefficient (Wildman–Crippen LogP) is 2.94. The second kappa shape index (κ2) is 8.36. The zero-order chi connectivity index (χ0) is 19.3. The van der Waals surface area contributed by atoms with Gasteiger partial charge in [-0.15, -0.1) is 0 Å². The molecule has 2 unspecified atom stereocenters. The summed E-state index contributed by atoms with van der Waals surface area (Å²) in [6.45, 7) is 9.63. The van der Waals surface area contributed by atoms with Crippen molar-refractivity contribution < 1.29 is 33.2 Å². The first kappa shape index (κ1) is 21.0. The maximum atomic E-state index is 12.2. The number of benzene rings is 1. The number of Topliss-reactive ketones (excluding diaryl/α,β-unsaturated/α-hetero) is 2. The molecule has 0 radical (unpaired) electrons. The summed E-state index contributed by atoms with van der Waals surface area (Å²) >= 11 is 0. The van der Waals surface area contributed by atoms with Crippen molar-refractivity contribution in [1.82, 2.24) is 0 Å². The van der Waals surface area contributed by atoms with Crippen LogP contribution in [0.15, 0.2) is 54.6 Å². The van der Waals surface area contributed by atoms with Crippen LogP contribution in [0.5, 0.6) is 5.75 Å². The minimum absolute atomic E-state index is 0.0106. The van der Waals surface area contributed by atoms with Crippen LogP contribution in [0, 0.1) is 0 Å². The zero-order valence-corrected chi connectivity index (χ0v) is 15.0. The normalized spacial score (nSPS) is 15.5. The molecule has 0 aliphatic rings. The minimum Gasteiger partial charge on any atom is -0.404 e. The first-order chi connectivity index (χ1) is 11.5. The number of ketones is 2. The molecule has 1 rings (SSSR count). The molecule has 25 heavy (non-hydrogen) atoms. The molecule has 0 fully saturated rings. The number of phosphoric acid groups is 1. The van der Waals surface area contributed by atoms with E-state index in [4.69, 9.17) is 9.05 Å². The zero-order valence-electron chi connectivity index (χ0n) is 14.1. The molecular weight excluding hydrogens is 347 g/mol. The van der Waals surface area contributed by atoms with Gasteiger partial charge in [0.05, 0.1) is 0 Å². The third-order valence-electron chi connectivity index (χ3n) is 3.14. The molecule has 7 nitrogen and oxygen atoms in total. The predicted molar refractivity (Wildman–Crippen MR) is 91.8 cm³/mol. The van der Waals surface area contributed by atoms with E-state index in [1.807, 2.05) is 0 Å². The average molecular weight is 368 g/mol. The van der Waals surface area contributed by atoms with E-state index in [0.29, 0.717) is 0 Å². The van der Waals surface area contributed by atoms with Crippen molar-refractivity contribution in [2.24, 2.45) is 0 Å². The van der Waals surface area contributed by atoms with Gasteiger partial charge in [-0.25, -0.2) is 9.09 Å². The first-order valence-corrected chi connectivity index (χ1v) is 8.86. The van der Waals surface area contributed by atoms with E-state index < -0.39 is 31.6 Å². The van der Waals surface area contributed by atoms with E-state index in [1.54, 1.807) is 18.2 Å². The number of para-hydroxylation sites is 1. The van der Waals surface area contributed by atoms with Crippen LogP contribution >= 0.6 is 7.82 Å². The quantitative estimate of drug-likeness (QED) is 0.371. The van der Waals surface area contributed by atoms with Crippen molar-refractivity contribution in [3.63, 3.8) is 0 Å². The lowest BCUT2D eigenvalue weighted by Gasteiger charge is -2.28. The molecular formula is C17H21O7P. The summed E-state index contributed by atoms with van der Waals surface area (Å²) in [7, 11) is -4.86. The largest absolute Gasteiger partial charge is 0.530 e. The number of hydrogen-bond donors (Lipinski definition) is 2. The van der Waals surface area contributed by atoms with E-state index in [0.717, 1.165) is 0 Å². The fourth-order valence-electron chi connectivity index (χ4n) is 1.85. The standard InChI is InChI=1S/C17H21O7P/c1-12(2)15(18)10-11-17(20,16(19)13(3)4)24-25(21,22)23-14-8-6-5-7-9-14/h5-9,20H,1,3,10-11H2,2,4H3,(H,21,22). The van der Waals surface area contributed by atoms with E-state index in [2.05, 4.69) is 13.2 Å². The number of allylic oxidation sites excluding steroid dienone is 1. The van der Waals surface area contributed by atoms with Crippen LogP contribution in [0.1, 0.15) is 26.7 Å². The molecule has 1 aromatic rings. The second-order valence-electron chi connectivity index (χ2n) is 5.56. The van der Waals surface area contributed by atoms with Gasteiger partial charge in [-0.2, -0.15) is 0 Å². The monoisotopic (exact) mass is 368 g/mol. The molecule has 1 aromatic carbocycles. The van der Waals surface area contributed by atoms with E-state index in [1.165, 1.54) is 26.0 Å². The van der Waals surface area contributed by atoms with Gasteiger partial charge in [0.1, 0.15) is 5.75 Å². The molecule has 0 aromatic heterocycles. The van der Waals surface area contributed by atoms with Crippen LogP contribution in [0.3, 0.4) is 0 Å². The second-order valence-corrected chi connectivity index (χ2v) is 6.86. The summed E-state index contributed by atoms with van der Waals surface area (Å²) < 4.78 is 21.7. The van der Waals surface area contributed by atoms with Gasteiger partial charge in [0.15, 0.2) is 5.78 Å². The van der Waals surface area contributed by atoms with Gasteiger partial charge in [-0.1, -0.05) is 31.4 Å². The molecule has 0 heterocycles. The van der Waals surface area contributed by atoms with Gasteiger partial charge in [-0.3, -0.25) is 14.5 Å². The Hall–Kier alpha value is -2.05. The lowest BCUT2D eigenvalue weighted by atomic mass is 9.98. The van der Waals surface area contributed by atoms with Gasteiger partial charge < -0.3 is 9.63 Å². The third kappa shape index (κ3) is 6.40. The number of aliphatic hydroxyl groups is 1. The van der Waals surface area contributed by atoms with Crippen LogP contribution in [0.25, 0.3) is 0 Å². The van der Waals surface area contributed by atoms with Gasteiger partial charge in [0, 0.05) is 12.8 Å². The molecule has 0 saturated heterocycles. The summed E-state index contributed by atoms with van der Waals surface area (Å²) in [5.41, 5.74) is 0.114. The third-order valence-corrected chi connectivity index (χ3v) is 4.11. The Morgan fingerprint density at radius 3 is 2.20 bits per heavy atom. The van der Waals surface area contributed by atoms with Gasteiger partial charge in [0.25, 0.3) is 0 Å². The highest BCUT2D eigenvalue weighted by atomic mass is 31.2. The van der Waals surface area contributed by atoms with Crippen LogP contribution < -0.4 is 4.52 Å². The summed E-state index contributed by atoms with van der Waals surface area (Å²) in [6, 6.07) is 7.59. The number of hydrogen-bond acceptors (Lipinski definition) is 6. The van der Waals surface area contributed by atoms with Crippen molar-refractivity contribution in [3.05, 3.63) is 54.6 Å². The first-order valence-electron chi connectivity index (χ1n) is 7.36. The van der Waals surface area contributed by atoms with Crippen molar-refractivity contribution in [2.75, 3.05) is 0 Å². The van der Waals surface area contributed by atoms with E-state index in [-0.39, 0.29) is 23.3 Å². The fraction of sp³-hybridized carbons (Fsp3) is 0.294. The summed E-state index contributed by atoms with van der Waals surface area (Å²) in [5, 5.41) is 10.5. The minimum atomic E-state index is -4.86. The highest BCUT2D eigenvalue weighted by Gasteiger charge is 2.45. The smallest absolute Gasteiger partial charge is 0.404 e. The number of carbonyl (C=O) groups excluding carboxylic acids is 2. The highest BCUT2D eigenvalue weighted by molar-refractivity contribution is 7.47. The van der Waals surface area contributed by atoms with Crippen molar-refractivity contribution >= 4 is 19.4 Å². The highest BCUT2D eigenvalue weighted by Crippen LogP contribution is 2.48. The molecule has 0 aliphatic heterocycles. The molecule has 8 heteroatoms. The summed E-state index contributed by atoms with van der Waals surface area (Å²) in [6.07, 6.45) is -0.858. The molecule has 0 bridgehead atoms. The number of carbonyl (C=O) groups is 2. The molecule has 2 N–H and O–H groups in total. The molecule has 0 aliphatic carbocycles. The maximum absolute atomic E-state index is 12.2. The van der Waals surface area contributed by atoms with Crippen LogP contribution in [0.4, 0.5) is 0 Å². The SMILES string of the molecule is C=C(C)C(=O)CCC(O)(OP(=O)(O)Oc1ccccc1)C(=O)C(=C)C. The molecule has 2 atom stereocenters. The van der Waals surface area contributed by atoms with E-state index >= 15 is 0 Å². The fourth-order valence-corrected chi connectivity index (χ4v) is 2.84. The maximum Gasteiger partial charge on any atom is 0.530 e. The molecule has 0 spiro atoms. The topological polar surface area (TPSA) is 110 Å². The van der Waals surface area contributed by atoms with Gasteiger partial charge in [0.2, 0.25) is 11.6 Å². The van der Waals surface area contributed by atoms with Gasteiger partial charge >= 0.3 is 7.82 Å². The van der Waals surface area contributed by atoms with Crippen molar-refractivity contribution in [3.8, 4) is 5.75 Å². The van der Waals surface area contributed by atoms with Crippen LogP contribution in [-0.2, 0) is 18.7 Å². The Kier molecular flexibility index (Phi) is 7.02. The van der Waals surface area contributed by atoms with Crippen molar-refractivity contribution in [2.45, 2.75) is 32.5 Å². The molecule has 136 valence electrons. The lowest BCUT2D eigenvalue weighted by molar-refractivity contribution is -0.175. The number of rotatable bonds is 10.